The van der Waals surface area contributed by atoms with E-state index in [4.69, 9.17) is 16.7 Å². The molecule has 0 fully saturated rings. The summed E-state index contributed by atoms with van der Waals surface area (Å²) in [6.07, 6.45) is 0. The summed E-state index contributed by atoms with van der Waals surface area (Å²) < 4.78 is 25.8. The molecule has 0 saturated carbocycles. The van der Waals surface area contributed by atoms with Crippen LogP contribution in [0.4, 0.5) is 0 Å². The molecule has 0 unspecified atom stereocenters. The summed E-state index contributed by atoms with van der Waals surface area (Å²) in [6.45, 7) is 1.75. The van der Waals surface area contributed by atoms with Gasteiger partial charge in [-0.1, -0.05) is 18.5 Å². The number of hydrogen-bond acceptors (Lipinski definition) is 5. The highest BCUT2D eigenvalue weighted by molar-refractivity contribution is 7.91. The number of aliphatic hydroxyl groups is 1. The second kappa shape index (κ2) is 5.76. The van der Waals surface area contributed by atoms with E-state index in [9.17, 15) is 18.3 Å². The molecule has 0 aromatic carbocycles. The summed E-state index contributed by atoms with van der Waals surface area (Å²) >= 11 is 6.53. The van der Waals surface area contributed by atoms with Crippen molar-refractivity contribution >= 4 is 38.9 Å². The number of hydrogen-bond donors (Lipinski definition) is 2. The summed E-state index contributed by atoms with van der Waals surface area (Å²) in [5.74, 6) is -1.41. The average Bonchev–Trinajstić information content (AvgIpc) is 2.76. The number of thiophene rings is 1. The number of aliphatic carboxylic acids is 1. The molecule has 1 aromatic rings. The van der Waals surface area contributed by atoms with Gasteiger partial charge in [0.15, 0.2) is 5.54 Å². The van der Waals surface area contributed by atoms with E-state index in [2.05, 4.69) is 0 Å². The molecule has 0 spiro atoms. The zero-order valence-electron chi connectivity index (χ0n) is 10.3. The molecule has 2 N–H and O–H groups in total. The number of sulfonamides is 1. The summed E-state index contributed by atoms with van der Waals surface area (Å²) in [4.78, 5) is 11.2. The Morgan fingerprint density at radius 3 is 2.42 bits per heavy atom. The van der Waals surface area contributed by atoms with Gasteiger partial charge in [-0.3, -0.25) is 4.79 Å². The second-order valence-corrected chi connectivity index (χ2v) is 7.77. The van der Waals surface area contributed by atoms with Gasteiger partial charge in [-0.05, 0) is 19.1 Å². The molecule has 0 aliphatic rings. The van der Waals surface area contributed by atoms with Crippen molar-refractivity contribution < 1.29 is 23.4 Å². The first kappa shape index (κ1) is 16.4. The largest absolute Gasteiger partial charge is 0.480 e. The van der Waals surface area contributed by atoms with Gasteiger partial charge in [0.05, 0.1) is 10.9 Å². The molecule has 0 radical (unpaired) electrons. The number of halogens is 1. The third kappa shape index (κ3) is 2.92. The molecular weight excluding hydrogens is 314 g/mol. The van der Waals surface area contributed by atoms with Crippen molar-refractivity contribution in [1.82, 2.24) is 4.31 Å². The highest BCUT2D eigenvalue weighted by Crippen LogP contribution is 2.31. The third-order valence-corrected chi connectivity index (χ3v) is 6.49. The fourth-order valence-electron chi connectivity index (χ4n) is 1.58. The SMILES string of the molecule is CCN([C@@](C)(CO)C(=O)O)S(=O)(=O)c1ccc(Cl)s1. The minimum Gasteiger partial charge on any atom is -0.480 e. The topological polar surface area (TPSA) is 94.9 Å². The molecule has 1 aromatic heterocycles. The van der Waals surface area contributed by atoms with Crippen LogP contribution in [0.1, 0.15) is 13.8 Å². The maximum Gasteiger partial charge on any atom is 0.327 e. The summed E-state index contributed by atoms with van der Waals surface area (Å²) in [6, 6.07) is 2.73. The quantitative estimate of drug-likeness (QED) is 0.820. The van der Waals surface area contributed by atoms with Gasteiger partial charge in [0.1, 0.15) is 4.21 Å². The van der Waals surface area contributed by atoms with E-state index in [1.54, 1.807) is 0 Å². The van der Waals surface area contributed by atoms with E-state index in [0.717, 1.165) is 22.6 Å². The third-order valence-electron chi connectivity index (χ3n) is 2.70. The van der Waals surface area contributed by atoms with E-state index in [-0.39, 0.29) is 15.1 Å². The molecule has 9 heteroatoms. The van der Waals surface area contributed by atoms with E-state index in [1.165, 1.54) is 19.1 Å². The lowest BCUT2D eigenvalue weighted by atomic mass is 10.1. The molecule has 0 aliphatic carbocycles. The monoisotopic (exact) mass is 327 g/mol. The molecule has 0 saturated heterocycles. The Bertz CT molecular complexity index is 570. The van der Waals surface area contributed by atoms with Crippen molar-refractivity contribution in [2.75, 3.05) is 13.2 Å². The Balaban J connectivity index is 3.34. The molecule has 0 aliphatic heterocycles. The number of likely N-dealkylation sites (N-methyl/N-ethyl adjacent to an activating group) is 1. The Morgan fingerprint density at radius 1 is 1.53 bits per heavy atom. The van der Waals surface area contributed by atoms with Gasteiger partial charge in [-0.2, -0.15) is 4.31 Å². The van der Waals surface area contributed by atoms with Gasteiger partial charge in [-0.15, -0.1) is 11.3 Å². The molecule has 0 amide bonds. The van der Waals surface area contributed by atoms with Crippen LogP contribution in [0.2, 0.25) is 4.34 Å². The van der Waals surface area contributed by atoms with Gasteiger partial charge in [-0.25, -0.2) is 8.42 Å². The lowest BCUT2D eigenvalue weighted by molar-refractivity contribution is -0.149. The van der Waals surface area contributed by atoms with Crippen LogP contribution in [0, 0.1) is 0 Å². The Morgan fingerprint density at radius 2 is 2.11 bits per heavy atom. The fourth-order valence-corrected chi connectivity index (χ4v) is 4.92. The zero-order valence-corrected chi connectivity index (χ0v) is 12.7. The van der Waals surface area contributed by atoms with E-state index in [1.807, 2.05) is 0 Å². The Kier molecular flexibility index (Phi) is 4.97. The van der Waals surface area contributed by atoms with Gasteiger partial charge < -0.3 is 10.2 Å². The molecular formula is C10H14ClNO5S2. The van der Waals surface area contributed by atoms with E-state index >= 15 is 0 Å². The standard InChI is InChI=1S/C10H14ClNO5S2/c1-3-12(10(2,6-13)9(14)15)19(16,17)8-5-4-7(11)18-8/h4-5,13H,3,6H2,1-2H3,(H,14,15)/t10-/m0/s1. The van der Waals surface area contributed by atoms with Crippen molar-refractivity contribution in [3.63, 3.8) is 0 Å². The van der Waals surface area contributed by atoms with Crippen LogP contribution in [0.25, 0.3) is 0 Å². The normalized spacial score (nSPS) is 15.4. The van der Waals surface area contributed by atoms with Gasteiger partial charge >= 0.3 is 5.97 Å². The maximum absolute atomic E-state index is 12.4. The van der Waals surface area contributed by atoms with Crippen LogP contribution < -0.4 is 0 Å². The lowest BCUT2D eigenvalue weighted by Gasteiger charge is -2.34. The Hall–Kier alpha value is -0.670. The minimum absolute atomic E-state index is 0.0553. The van der Waals surface area contributed by atoms with E-state index < -0.39 is 28.1 Å². The molecule has 6 nitrogen and oxygen atoms in total. The Labute approximate surface area is 120 Å². The van der Waals surface area contributed by atoms with Crippen LogP contribution in [0.3, 0.4) is 0 Å². The molecule has 1 atom stereocenters. The fraction of sp³-hybridized carbons (Fsp3) is 0.500. The number of aliphatic hydroxyl groups excluding tert-OH is 1. The zero-order chi connectivity index (χ0) is 14.8. The number of carboxylic acids is 1. The van der Waals surface area contributed by atoms with E-state index in [0.29, 0.717) is 0 Å². The molecule has 0 bridgehead atoms. The van der Waals surface area contributed by atoms with Gasteiger partial charge in [0, 0.05) is 6.54 Å². The van der Waals surface area contributed by atoms with Crippen LogP contribution in [-0.4, -0.2) is 47.6 Å². The molecule has 19 heavy (non-hydrogen) atoms. The summed E-state index contributed by atoms with van der Waals surface area (Å²) in [5, 5.41) is 18.4. The van der Waals surface area contributed by atoms with Crippen molar-refractivity contribution in [3.8, 4) is 0 Å². The van der Waals surface area contributed by atoms with Crippen LogP contribution in [-0.2, 0) is 14.8 Å². The van der Waals surface area contributed by atoms with Crippen LogP contribution in [0.5, 0.6) is 0 Å². The smallest absolute Gasteiger partial charge is 0.327 e. The van der Waals surface area contributed by atoms with Crippen molar-refractivity contribution in [3.05, 3.63) is 16.5 Å². The van der Waals surface area contributed by atoms with Gasteiger partial charge in [0.2, 0.25) is 0 Å². The molecule has 108 valence electrons. The van der Waals surface area contributed by atoms with Crippen molar-refractivity contribution in [1.29, 1.82) is 0 Å². The summed E-state index contributed by atoms with van der Waals surface area (Å²) in [5.41, 5.74) is -1.91. The number of nitrogens with zero attached hydrogens (tertiary/aromatic N) is 1. The predicted octanol–water partition coefficient (Wildman–Crippen LogP) is 1.25. The van der Waals surface area contributed by atoms with Crippen molar-refractivity contribution in [2.24, 2.45) is 0 Å². The lowest BCUT2D eigenvalue weighted by Crippen LogP contribution is -2.57. The van der Waals surface area contributed by atoms with Gasteiger partial charge in [0.25, 0.3) is 10.0 Å². The predicted molar refractivity (Wildman–Crippen MR) is 72.0 cm³/mol. The molecule has 1 rings (SSSR count). The maximum atomic E-state index is 12.4. The minimum atomic E-state index is -4.02. The second-order valence-electron chi connectivity index (χ2n) is 3.97. The number of carbonyl (C=O) groups is 1. The molecule has 1 heterocycles. The number of carboxylic acid groups (broad SMARTS) is 1. The first-order valence-electron chi connectivity index (χ1n) is 5.32. The number of rotatable bonds is 6. The van der Waals surface area contributed by atoms with Crippen molar-refractivity contribution in [2.45, 2.75) is 23.6 Å². The first-order valence-corrected chi connectivity index (χ1v) is 7.96. The first-order chi connectivity index (χ1) is 8.70. The van der Waals surface area contributed by atoms with Crippen LogP contribution >= 0.6 is 22.9 Å². The average molecular weight is 328 g/mol. The highest BCUT2D eigenvalue weighted by Gasteiger charge is 2.45. The highest BCUT2D eigenvalue weighted by atomic mass is 35.5. The summed E-state index contributed by atoms with van der Waals surface area (Å²) in [7, 11) is -4.02. The van der Waals surface area contributed by atoms with Crippen LogP contribution in [0.15, 0.2) is 16.3 Å².